The Hall–Kier alpha value is -2.45. The number of benzene rings is 1. The third-order valence-corrected chi connectivity index (χ3v) is 5.56. The third kappa shape index (κ3) is 3.56. The number of aryl methyl sites for hydroxylation is 1. The van der Waals surface area contributed by atoms with Crippen molar-refractivity contribution >= 4 is 21.9 Å². The maximum Gasteiger partial charge on any atom is 0.341 e. The number of furan rings is 1. The zero-order valence-corrected chi connectivity index (χ0v) is 15.2. The third-order valence-electron chi connectivity index (χ3n) is 4.27. The van der Waals surface area contributed by atoms with Gasteiger partial charge in [-0.1, -0.05) is 17.7 Å². The minimum absolute atomic E-state index is 0.0666. The summed E-state index contributed by atoms with van der Waals surface area (Å²) < 4.78 is 39.6. The number of Topliss-reactive ketones (excluding diaryl/α,β-unsaturated/α-hetero) is 1. The van der Waals surface area contributed by atoms with Gasteiger partial charge >= 0.3 is 5.97 Å². The van der Waals surface area contributed by atoms with Crippen molar-refractivity contribution in [3.8, 4) is 0 Å². The zero-order chi connectivity index (χ0) is 18.9. The molecule has 0 spiro atoms. The fourth-order valence-corrected chi connectivity index (χ4v) is 3.87. The smallest absolute Gasteiger partial charge is 0.341 e. The topological polar surface area (TPSA) is 99.9 Å². The predicted molar refractivity (Wildman–Crippen MR) is 90.5 cm³/mol. The lowest BCUT2D eigenvalue weighted by Crippen LogP contribution is -2.25. The molecular weight excluding hydrogens is 360 g/mol. The molecule has 2 aromatic rings. The average Bonchev–Trinajstić information content (AvgIpc) is 3.04. The van der Waals surface area contributed by atoms with Crippen LogP contribution in [0.5, 0.6) is 0 Å². The summed E-state index contributed by atoms with van der Waals surface area (Å²) in [6.45, 7) is 1.71. The molecule has 1 aromatic heterocycles. The van der Waals surface area contributed by atoms with E-state index in [1.807, 2.05) is 6.92 Å². The lowest BCUT2D eigenvalue weighted by atomic mass is 9.86. The van der Waals surface area contributed by atoms with E-state index in [2.05, 4.69) is 4.74 Å². The van der Waals surface area contributed by atoms with Crippen LogP contribution in [0.25, 0.3) is 0 Å². The predicted octanol–water partition coefficient (Wildman–Crippen LogP) is 2.53. The van der Waals surface area contributed by atoms with Crippen LogP contribution in [0.4, 0.5) is 0 Å². The summed E-state index contributed by atoms with van der Waals surface area (Å²) in [6.07, 6.45) is 1.57. The standard InChI is InChI=1S/C18H18O7S/c1-11-3-5-13(6-4-11)26(21,22)25-9-12-7-15(19)17-14(18(20)23-2)10-24-16(17)8-12/h3-6,10,12H,7-9H2,1-2H3. The van der Waals surface area contributed by atoms with E-state index in [9.17, 15) is 18.0 Å². The van der Waals surface area contributed by atoms with E-state index in [1.165, 1.54) is 25.5 Å². The van der Waals surface area contributed by atoms with Gasteiger partial charge in [-0.05, 0) is 25.0 Å². The maximum absolute atomic E-state index is 12.4. The van der Waals surface area contributed by atoms with Crippen LogP contribution in [-0.4, -0.2) is 33.9 Å². The van der Waals surface area contributed by atoms with E-state index >= 15 is 0 Å². The molecule has 0 bridgehead atoms. The number of hydrogen-bond donors (Lipinski definition) is 0. The molecule has 0 amide bonds. The molecule has 26 heavy (non-hydrogen) atoms. The lowest BCUT2D eigenvalue weighted by Gasteiger charge is -2.20. The van der Waals surface area contributed by atoms with E-state index in [0.717, 1.165) is 5.56 Å². The molecule has 3 rings (SSSR count). The van der Waals surface area contributed by atoms with E-state index < -0.39 is 16.1 Å². The van der Waals surface area contributed by atoms with Gasteiger partial charge in [-0.25, -0.2) is 4.79 Å². The largest absolute Gasteiger partial charge is 0.468 e. The van der Waals surface area contributed by atoms with Gasteiger partial charge in [0.25, 0.3) is 10.1 Å². The molecule has 1 heterocycles. The van der Waals surface area contributed by atoms with E-state index in [-0.39, 0.29) is 40.8 Å². The van der Waals surface area contributed by atoms with Gasteiger partial charge in [0.1, 0.15) is 17.6 Å². The van der Waals surface area contributed by atoms with Crippen molar-refractivity contribution in [2.45, 2.75) is 24.7 Å². The first kappa shape index (κ1) is 18.3. The lowest BCUT2D eigenvalue weighted by molar-refractivity contribution is 0.0595. The van der Waals surface area contributed by atoms with Crippen LogP contribution in [0.15, 0.2) is 39.8 Å². The normalized spacial score (nSPS) is 17.0. The summed E-state index contributed by atoms with van der Waals surface area (Å²) in [5.41, 5.74) is 1.25. The van der Waals surface area contributed by atoms with Gasteiger partial charge < -0.3 is 9.15 Å². The monoisotopic (exact) mass is 378 g/mol. The van der Waals surface area contributed by atoms with Crippen molar-refractivity contribution in [1.82, 2.24) is 0 Å². The summed E-state index contributed by atoms with van der Waals surface area (Å²) in [4.78, 5) is 24.1. The highest BCUT2D eigenvalue weighted by molar-refractivity contribution is 7.86. The minimum Gasteiger partial charge on any atom is -0.468 e. The molecule has 1 unspecified atom stereocenters. The molecule has 1 aromatic carbocycles. The summed E-state index contributed by atoms with van der Waals surface area (Å²) >= 11 is 0. The number of ether oxygens (including phenoxy) is 1. The molecule has 0 fully saturated rings. The Morgan fingerprint density at radius 1 is 1.23 bits per heavy atom. The van der Waals surface area contributed by atoms with Gasteiger partial charge in [0.2, 0.25) is 0 Å². The Labute approximate surface area is 151 Å². The summed E-state index contributed by atoms with van der Waals surface area (Å²) in [5.74, 6) is -0.934. The SMILES string of the molecule is COC(=O)c1coc2c1C(=O)CC(COS(=O)(=O)c1ccc(C)cc1)C2. The molecule has 138 valence electrons. The van der Waals surface area contributed by atoms with Gasteiger partial charge in [-0.2, -0.15) is 8.42 Å². The Bertz CT molecular complexity index is 938. The number of hydrogen-bond acceptors (Lipinski definition) is 7. The molecule has 7 nitrogen and oxygen atoms in total. The van der Waals surface area contributed by atoms with Crippen LogP contribution < -0.4 is 0 Å². The van der Waals surface area contributed by atoms with Gasteiger partial charge in [0, 0.05) is 12.8 Å². The molecule has 1 aliphatic carbocycles. The molecular formula is C18H18O7S. The van der Waals surface area contributed by atoms with E-state index in [0.29, 0.717) is 12.2 Å². The quantitative estimate of drug-likeness (QED) is 0.582. The molecule has 1 aliphatic rings. The first-order valence-corrected chi connectivity index (χ1v) is 9.40. The molecule has 0 radical (unpaired) electrons. The number of fused-ring (bicyclic) bond motifs is 1. The van der Waals surface area contributed by atoms with Crippen molar-refractivity contribution in [1.29, 1.82) is 0 Å². The molecule has 0 saturated carbocycles. The summed E-state index contributed by atoms with van der Waals surface area (Å²) in [5, 5.41) is 0. The summed E-state index contributed by atoms with van der Waals surface area (Å²) in [7, 11) is -2.68. The van der Waals surface area contributed by atoms with Crippen LogP contribution in [0.2, 0.25) is 0 Å². The highest BCUT2D eigenvalue weighted by Crippen LogP contribution is 2.31. The van der Waals surface area contributed by atoms with E-state index in [1.54, 1.807) is 12.1 Å². The highest BCUT2D eigenvalue weighted by atomic mass is 32.2. The van der Waals surface area contributed by atoms with Crippen molar-refractivity contribution in [3.05, 3.63) is 53.0 Å². The molecule has 0 N–H and O–H groups in total. The first-order valence-electron chi connectivity index (χ1n) is 8.00. The van der Waals surface area contributed by atoms with Gasteiger partial charge in [-0.3, -0.25) is 8.98 Å². The molecule has 1 atom stereocenters. The number of rotatable bonds is 5. The minimum atomic E-state index is -3.90. The van der Waals surface area contributed by atoms with E-state index in [4.69, 9.17) is 8.60 Å². The summed E-state index contributed by atoms with van der Waals surface area (Å²) in [6, 6.07) is 6.32. The zero-order valence-electron chi connectivity index (χ0n) is 14.4. The fraction of sp³-hybridized carbons (Fsp3) is 0.333. The van der Waals surface area contributed by atoms with Crippen molar-refractivity contribution in [2.75, 3.05) is 13.7 Å². The van der Waals surface area contributed by atoms with Gasteiger partial charge in [0.15, 0.2) is 5.78 Å². The Kier molecular flexibility index (Phi) is 4.97. The van der Waals surface area contributed by atoms with Crippen molar-refractivity contribution in [2.24, 2.45) is 5.92 Å². The Balaban J connectivity index is 1.71. The average molecular weight is 378 g/mol. The van der Waals surface area contributed by atoms with Crippen LogP contribution in [0.1, 0.15) is 38.5 Å². The second-order valence-corrected chi connectivity index (χ2v) is 7.80. The molecule has 8 heteroatoms. The van der Waals surface area contributed by atoms with Gasteiger partial charge in [0.05, 0.1) is 24.2 Å². The van der Waals surface area contributed by atoms with Crippen molar-refractivity contribution < 1.29 is 31.3 Å². The van der Waals surface area contributed by atoms with Gasteiger partial charge in [-0.15, -0.1) is 0 Å². The molecule has 0 saturated heterocycles. The Morgan fingerprint density at radius 2 is 1.92 bits per heavy atom. The van der Waals surface area contributed by atoms with Crippen LogP contribution in [0, 0.1) is 12.8 Å². The number of methoxy groups -OCH3 is 1. The number of esters is 1. The number of ketones is 1. The number of carbonyl (C=O) groups excluding carboxylic acids is 2. The Morgan fingerprint density at radius 3 is 2.58 bits per heavy atom. The van der Waals surface area contributed by atoms with Crippen LogP contribution in [0.3, 0.4) is 0 Å². The highest BCUT2D eigenvalue weighted by Gasteiger charge is 2.34. The molecule has 0 aliphatic heterocycles. The fourth-order valence-electron chi connectivity index (χ4n) is 2.89. The van der Waals surface area contributed by atoms with Crippen LogP contribution >= 0.6 is 0 Å². The second kappa shape index (κ2) is 7.05. The first-order chi connectivity index (χ1) is 12.3. The van der Waals surface area contributed by atoms with Crippen LogP contribution in [-0.2, 0) is 25.5 Å². The van der Waals surface area contributed by atoms with Crippen molar-refractivity contribution in [3.63, 3.8) is 0 Å². The maximum atomic E-state index is 12.4. The second-order valence-electron chi connectivity index (χ2n) is 6.19. The number of carbonyl (C=O) groups is 2.